The molecule has 2 aromatic heterocycles. The average molecular weight is 567 g/mol. The van der Waals surface area contributed by atoms with Gasteiger partial charge in [-0.1, -0.05) is 18.4 Å². The maximum absolute atomic E-state index is 13.9. The Morgan fingerprint density at radius 1 is 1.29 bits per heavy atom. The molecule has 9 nitrogen and oxygen atoms in total. The lowest BCUT2D eigenvalue weighted by Crippen LogP contribution is -2.47. The molecule has 1 aliphatic heterocycles. The molecule has 210 valence electrons. The fourth-order valence-electron chi connectivity index (χ4n) is 4.40. The summed E-state index contributed by atoms with van der Waals surface area (Å²) in [6.45, 7) is 4.21. The van der Waals surface area contributed by atoms with Crippen LogP contribution in [0.2, 0.25) is 0 Å². The molecule has 1 aliphatic rings. The summed E-state index contributed by atoms with van der Waals surface area (Å²) in [5.41, 5.74) is -1.41. The van der Waals surface area contributed by atoms with Crippen LogP contribution in [0.25, 0.3) is 0 Å². The molecular formula is C28H22F4N6O3. The second-order valence-corrected chi connectivity index (χ2v) is 9.10. The van der Waals surface area contributed by atoms with E-state index in [-0.39, 0.29) is 36.7 Å². The molecule has 4 rings (SSSR count). The first-order chi connectivity index (χ1) is 19.4. The number of anilines is 2. The van der Waals surface area contributed by atoms with E-state index < -0.39 is 47.1 Å². The fraction of sp³-hybridized carbons (Fsp3) is 0.250. The van der Waals surface area contributed by atoms with Gasteiger partial charge in [0.2, 0.25) is 0 Å². The Morgan fingerprint density at radius 2 is 2.00 bits per heavy atom. The lowest BCUT2D eigenvalue weighted by atomic mass is 10.1. The highest BCUT2D eigenvalue weighted by molar-refractivity contribution is 6.00. The number of allylic oxidation sites excluding steroid dienone is 1. The molecule has 3 heterocycles. The highest BCUT2D eigenvalue weighted by Gasteiger charge is 2.43. The topological polar surface area (TPSA) is 115 Å². The number of hydrogen-bond donors (Lipinski definition) is 1. The van der Waals surface area contributed by atoms with Crippen LogP contribution in [0, 0.1) is 35.9 Å². The molecule has 0 radical (unpaired) electrons. The second-order valence-electron chi connectivity index (χ2n) is 9.10. The van der Waals surface area contributed by atoms with Gasteiger partial charge in [0.1, 0.15) is 29.3 Å². The minimum atomic E-state index is -4.86. The molecule has 2 atom stereocenters. The number of carbonyl (C=O) groups is 2. The molecule has 3 aromatic rings. The standard InChI is InChI=1S/C28H22F4N6O3/c1-3-25(40)38-15-18(14-34-38)5-4-10-36(20-8-6-19(29)7-9-20)27(41)24-12-21(39)16-37(24)26-22(13-33)23(28(30,31)32)11-17(2)35-26/h3,6-9,11,14-15,21,24,39H,1,10,12,16H2,2H3/t21-,24-/m0/s1. The van der Waals surface area contributed by atoms with Gasteiger partial charge in [-0.3, -0.25) is 14.5 Å². The van der Waals surface area contributed by atoms with E-state index in [1.807, 2.05) is 0 Å². The van der Waals surface area contributed by atoms with Crippen LogP contribution in [0.15, 0.2) is 55.4 Å². The Hall–Kier alpha value is -5.01. The third-order valence-electron chi connectivity index (χ3n) is 6.24. The van der Waals surface area contributed by atoms with Gasteiger partial charge in [0.15, 0.2) is 0 Å². The average Bonchev–Trinajstić information content (AvgIpc) is 3.57. The molecule has 1 fully saturated rings. The number of rotatable bonds is 5. The summed E-state index contributed by atoms with van der Waals surface area (Å²) in [6.07, 6.45) is -2.37. The van der Waals surface area contributed by atoms with Crippen LogP contribution < -0.4 is 9.80 Å². The van der Waals surface area contributed by atoms with Gasteiger partial charge in [0.05, 0.1) is 30.0 Å². The van der Waals surface area contributed by atoms with Gasteiger partial charge in [0.25, 0.3) is 11.8 Å². The first-order valence-electron chi connectivity index (χ1n) is 12.1. The quantitative estimate of drug-likeness (QED) is 0.286. The van der Waals surface area contributed by atoms with Crippen molar-refractivity contribution in [2.45, 2.75) is 31.7 Å². The second kappa shape index (κ2) is 11.6. The van der Waals surface area contributed by atoms with Crippen molar-refractivity contribution < 1.29 is 32.3 Å². The van der Waals surface area contributed by atoms with E-state index in [1.165, 1.54) is 41.2 Å². The Morgan fingerprint density at radius 3 is 2.63 bits per heavy atom. The summed E-state index contributed by atoms with van der Waals surface area (Å²) >= 11 is 0. The van der Waals surface area contributed by atoms with Gasteiger partial charge >= 0.3 is 6.18 Å². The van der Waals surface area contributed by atoms with Gasteiger partial charge in [-0.2, -0.15) is 23.5 Å². The minimum Gasteiger partial charge on any atom is -0.391 e. The maximum atomic E-state index is 13.9. The van der Waals surface area contributed by atoms with Crippen LogP contribution in [-0.2, 0) is 11.0 Å². The van der Waals surface area contributed by atoms with Crippen molar-refractivity contribution in [3.8, 4) is 17.9 Å². The number of benzene rings is 1. The molecule has 0 unspecified atom stereocenters. The molecule has 0 spiro atoms. The van der Waals surface area contributed by atoms with Crippen LogP contribution in [0.5, 0.6) is 0 Å². The Labute approximate surface area is 231 Å². The normalized spacial score (nSPS) is 16.5. The molecule has 0 bridgehead atoms. The van der Waals surface area contributed by atoms with Gasteiger partial charge in [-0.15, -0.1) is 0 Å². The van der Waals surface area contributed by atoms with Crippen molar-refractivity contribution in [1.29, 1.82) is 5.26 Å². The van der Waals surface area contributed by atoms with Crippen molar-refractivity contribution in [1.82, 2.24) is 14.8 Å². The summed E-state index contributed by atoms with van der Waals surface area (Å²) in [7, 11) is 0. The summed E-state index contributed by atoms with van der Waals surface area (Å²) in [6, 6.07) is 6.00. The number of carbonyl (C=O) groups excluding carboxylic acids is 2. The Bertz CT molecular complexity index is 1600. The SMILES string of the molecule is C=CC(=O)n1cc(C#CCN(C(=O)[C@@H]2C[C@H](O)CN2c2nc(C)cc(C(F)(F)F)c2C#N)c2ccc(F)cc2)cn1. The fourth-order valence-corrected chi connectivity index (χ4v) is 4.40. The summed E-state index contributed by atoms with van der Waals surface area (Å²) in [5.74, 6) is 3.48. The van der Waals surface area contributed by atoms with E-state index in [0.29, 0.717) is 5.56 Å². The monoisotopic (exact) mass is 566 g/mol. The Kier molecular flexibility index (Phi) is 8.21. The van der Waals surface area contributed by atoms with Crippen LogP contribution in [0.4, 0.5) is 29.1 Å². The molecule has 1 N–H and O–H groups in total. The molecule has 41 heavy (non-hydrogen) atoms. The summed E-state index contributed by atoms with van der Waals surface area (Å²) in [5, 5.41) is 24.0. The van der Waals surface area contributed by atoms with Crippen molar-refractivity contribution in [3.05, 3.63) is 83.6 Å². The van der Waals surface area contributed by atoms with Crippen LogP contribution in [0.3, 0.4) is 0 Å². The maximum Gasteiger partial charge on any atom is 0.417 e. The van der Waals surface area contributed by atoms with Gasteiger partial charge < -0.3 is 10.0 Å². The van der Waals surface area contributed by atoms with Crippen molar-refractivity contribution >= 4 is 23.3 Å². The molecule has 0 aliphatic carbocycles. The largest absolute Gasteiger partial charge is 0.417 e. The first kappa shape index (κ1) is 29.0. The number of amides is 1. The number of aliphatic hydroxyl groups excluding tert-OH is 1. The zero-order valence-corrected chi connectivity index (χ0v) is 21.6. The lowest BCUT2D eigenvalue weighted by molar-refractivity contribution is -0.137. The smallest absolute Gasteiger partial charge is 0.391 e. The number of pyridine rings is 1. The molecule has 1 aromatic carbocycles. The number of aromatic nitrogens is 3. The van der Waals surface area contributed by atoms with Gasteiger partial charge in [-0.25, -0.2) is 14.1 Å². The zero-order valence-electron chi connectivity index (χ0n) is 21.6. The number of halogens is 4. The molecule has 0 saturated carbocycles. The van der Waals surface area contributed by atoms with E-state index in [2.05, 4.69) is 28.5 Å². The van der Waals surface area contributed by atoms with Crippen LogP contribution in [0.1, 0.15) is 33.6 Å². The van der Waals surface area contributed by atoms with Crippen molar-refractivity contribution in [3.63, 3.8) is 0 Å². The van der Waals surface area contributed by atoms with Gasteiger partial charge in [-0.05, 0) is 43.3 Å². The van der Waals surface area contributed by atoms with Gasteiger partial charge in [0, 0.05) is 30.5 Å². The number of alkyl halides is 3. The molecular weight excluding hydrogens is 544 g/mol. The van der Waals surface area contributed by atoms with Crippen molar-refractivity contribution in [2.24, 2.45) is 0 Å². The predicted octanol–water partition coefficient (Wildman–Crippen LogP) is 3.47. The van der Waals surface area contributed by atoms with E-state index in [0.717, 1.165) is 29.0 Å². The van der Waals surface area contributed by atoms with Crippen LogP contribution in [-0.4, -0.2) is 56.9 Å². The third-order valence-corrected chi connectivity index (χ3v) is 6.24. The van der Waals surface area contributed by atoms with E-state index in [1.54, 1.807) is 6.07 Å². The molecule has 1 saturated heterocycles. The van der Waals surface area contributed by atoms with Crippen molar-refractivity contribution in [2.75, 3.05) is 22.9 Å². The highest BCUT2D eigenvalue weighted by atomic mass is 19.4. The number of β-amino-alcohol motifs (C(OH)–C–C–N with tert-alkyl or cyclic N) is 1. The number of nitrogens with zero attached hydrogens (tertiary/aromatic N) is 6. The van der Waals surface area contributed by atoms with E-state index in [9.17, 15) is 37.5 Å². The molecule has 1 amide bonds. The predicted molar refractivity (Wildman–Crippen MR) is 139 cm³/mol. The number of nitriles is 1. The Balaban J connectivity index is 1.72. The number of aryl methyl sites for hydroxylation is 1. The number of hydrogen-bond acceptors (Lipinski definition) is 7. The lowest BCUT2D eigenvalue weighted by Gasteiger charge is -2.31. The third kappa shape index (κ3) is 6.26. The molecule has 13 heteroatoms. The highest BCUT2D eigenvalue weighted by Crippen LogP contribution is 2.38. The zero-order chi connectivity index (χ0) is 29.9. The summed E-state index contributed by atoms with van der Waals surface area (Å²) in [4.78, 5) is 32.1. The van der Waals surface area contributed by atoms with E-state index >= 15 is 0 Å². The van der Waals surface area contributed by atoms with Crippen LogP contribution >= 0.6 is 0 Å². The minimum absolute atomic E-state index is 0.0318. The number of aliphatic hydroxyl groups is 1. The first-order valence-corrected chi connectivity index (χ1v) is 12.1. The van der Waals surface area contributed by atoms with E-state index in [4.69, 9.17) is 0 Å². The summed E-state index contributed by atoms with van der Waals surface area (Å²) < 4.78 is 55.9.